The molecule has 2 amide bonds. The molecule has 0 bridgehead atoms. The van der Waals surface area contributed by atoms with Gasteiger partial charge in [-0.25, -0.2) is 0 Å². The van der Waals surface area contributed by atoms with Gasteiger partial charge < -0.3 is 14.8 Å². The molecule has 10 heteroatoms. The lowest BCUT2D eigenvalue weighted by Gasteiger charge is -2.24. The summed E-state index contributed by atoms with van der Waals surface area (Å²) in [5, 5.41) is 13.3. The van der Waals surface area contributed by atoms with Crippen molar-refractivity contribution in [2.45, 2.75) is 89.6 Å². The van der Waals surface area contributed by atoms with Gasteiger partial charge in [-0.1, -0.05) is 42.9 Å². The van der Waals surface area contributed by atoms with Gasteiger partial charge in [-0.3, -0.25) is 14.5 Å². The highest BCUT2D eigenvalue weighted by atomic mass is 32.2. The lowest BCUT2D eigenvalue weighted by Crippen LogP contribution is -2.29. The maximum Gasteiger partial charge on any atom is 0.266 e. The number of aryl methyl sites for hydroxylation is 1. The summed E-state index contributed by atoms with van der Waals surface area (Å²) in [6.07, 6.45) is 14.7. The van der Waals surface area contributed by atoms with E-state index in [-0.39, 0.29) is 17.9 Å². The molecule has 222 valence electrons. The molecule has 5 rings (SSSR count). The van der Waals surface area contributed by atoms with E-state index in [2.05, 4.69) is 11.4 Å². The van der Waals surface area contributed by atoms with Gasteiger partial charge in [0, 0.05) is 17.8 Å². The molecule has 0 unspecified atom stereocenters. The van der Waals surface area contributed by atoms with Crippen LogP contribution in [0.4, 0.5) is 5.00 Å². The molecule has 1 aliphatic heterocycles. The summed E-state index contributed by atoms with van der Waals surface area (Å²) >= 11 is 8.38. The van der Waals surface area contributed by atoms with E-state index in [0.717, 1.165) is 68.2 Å². The Morgan fingerprint density at radius 3 is 2.74 bits per heavy atom. The summed E-state index contributed by atoms with van der Waals surface area (Å²) in [7, 11) is 1.63. The van der Waals surface area contributed by atoms with Crippen molar-refractivity contribution in [3.63, 3.8) is 0 Å². The number of carbonyl (C=O) groups is 2. The van der Waals surface area contributed by atoms with Crippen LogP contribution in [-0.4, -0.2) is 40.8 Å². The van der Waals surface area contributed by atoms with Crippen LogP contribution in [0.2, 0.25) is 0 Å². The summed E-state index contributed by atoms with van der Waals surface area (Å²) in [6, 6.07) is 8.07. The Labute approximate surface area is 261 Å². The van der Waals surface area contributed by atoms with Gasteiger partial charge in [0.05, 0.1) is 23.7 Å². The summed E-state index contributed by atoms with van der Waals surface area (Å²) in [4.78, 5) is 29.2. The van der Waals surface area contributed by atoms with Crippen molar-refractivity contribution in [1.82, 2.24) is 4.90 Å². The number of thioether (sulfide) groups is 1. The molecule has 1 N–H and O–H groups in total. The second kappa shape index (κ2) is 14.5. The standard InChI is InChI=1S/C32H37N3O4S3/c1-38-26-18-21(15-16-25(26)39-22-10-4-2-5-11-22)19-28-31(37)35(32(40)42-28)17-9-3-6-14-29(36)34-30-24(20-33)23-12-7-8-13-27(23)41-30/h15-16,18-19,22H,2-14,17H2,1H3,(H,34,36)/b28-19-. The van der Waals surface area contributed by atoms with Crippen molar-refractivity contribution in [3.8, 4) is 17.6 Å². The van der Waals surface area contributed by atoms with Crippen LogP contribution in [0.25, 0.3) is 6.08 Å². The Kier molecular flexibility index (Phi) is 10.6. The number of nitrogens with one attached hydrogen (secondary N) is 1. The van der Waals surface area contributed by atoms with Gasteiger partial charge in [-0.2, -0.15) is 5.26 Å². The summed E-state index contributed by atoms with van der Waals surface area (Å²) in [5.41, 5.74) is 2.63. The number of hydrogen-bond acceptors (Lipinski definition) is 8. The van der Waals surface area contributed by atoms with Crippen molar-refractivity contribution in [2.75, 3.05) is 19.0 Å². The van der Waals surface area contributed by atoms with Gasteiger partial charge in [0.1, 0.15) is 15.4 Å². The first-order valence-electron chi connectivity index (χ1n) is 14.9. The number of unbranched alkanes of at least 4 members (excludes halogenated alkanes) is 2. The van der Waals surface area contributed by atoms with Crippen LogP contribution in [0, 0.1) is 11.3 Å². The largest absolute Gasteiger partial charge is 0.493 e. The Balaban J connectivity index is 1.09. The number of benzene rings is 1. The van der Waals surface area contributed by atoms with E-state index < -0.39 is 0 Å². The molecule has 42 heavy (non-hydrogen) atoms. The Morgan fingerprint density at radius 2 is 1.95 bits per heavy atom. The predicted molar refractivity (Wildman–Crippen MR) is 173 cm³/mol. The van der Waals surface area contributed by atoms with E-state index in [1.54, 1.807) is 23.3 Å². The van der Waals surface area contributed by atoms with Gasteiger partial charge in [0.25, 0.3) is 5.91 Å². The second-order valence-electron chi connectivity index (χ2n) is 11.0. The minimum absolute atomic E-state index is 0.0655. The molecule has 1 aromatic carbocycles. The number of thiophene rings is 1. The highest BCUT2D eigenvalue weighted by Crippen LogP contribution is 2.38. The van der Waals surface area contributed by atoms with E-state index in [9.17, 15) is 14.9 Å². The van der Waals surface area contributed by atoms with E-state index in [4.69, 9.17) is 21.7 Å². The van der Waals surface area contributed by atoms with E-state index in [1.807, 2.05) is 24.3 Å². The number of carbonyl (C=O) groups excluding carboxylic acids is 2. The molecular formula is C32H37N3O4S3. The Bertz CT molecular complexity index is 1400. The van der Waals surface area contributed by atoms with E-state index in [0.29, 0.717) is 44.9 Å². The summed E-state index contributed by atoms with van der Waals surface area (Å²) in [6.45, 7) is 0.525. The van der Waals surface area contributed by atoms with Gasteiger partial charge >= 0.3 is 0 Å². The van der Waals surface area contributed by atoms with Crippen LogP contribution in [0.5, 0.6) is 11.5 Å². The van der Waals surface area contributed by atoms with Crippen LogP contribution < -0.4 is 14.8 Å². The molecule has 1 aromatic heterocycles. The predicted octanol–water partition coefficient (Wildman–Crippen LogP) is 7.62. The molecular weight excluding hydrogens is 587 g/mol. The third-order valence-electron chi connectivity index (χ3n) is 8.03. The first kappa shape index (κ1) is 30.6. The average Bonchev–Trinajstić information content (AvgIpc) is 3.48. The lowest BCUT2D eigenvalue weighted by molar-refractivity contribution is -0.122. The molecule has 7 nitrogen and oxygen atoms in total. The number of amides is 2. The smallest absolute Gasteiger partial charge is 0.266 e. The van der Waals surface area contributed by atoms with Gasteiger partial charge in [0.15, 0.2) is 11.5 Å². The number of rotatable bonds is 11. The second-order valence-corrected chi connectivity index (χ2v) is 13.8. The Morgan fingerprint density at radius 1 is 1.14 bits per heavy atom. The fourth-order valence-electron chi connectivity index (χ4n) is 5.77. The first-order chi connectivity index (χ1) is 20.5. The SMILES string of the molecule is COc1cc(/C=C2\SC(=S)N(CCCCCC(=O)Nc3sc4c(c3C#N)CCCC4)C2=O)ccc1OC1CCCCC1. The monoisotopic (exact) mass is 623 g/mol. The summed E-state index contributed by atoms with van der Waals surface area (Å²) < 4.78 is 12.4. The normalized spacial score (nSPS) is 18.2. The van der Waals surface area contributed by atoms with Gasteiger partial charge in [-0.15, -0.1) is 11.3 Å². The molecule has 2 heterocycles. The molecule has 1 saturated heterocycles. The van der Waals surface area contributed by atoms with Crippen LogP contribution in [-0.2, 0) is 22.4 Å². The number of thiocarbonyl (C=S) groups is 1. The highest BCUT2D eigenvalue weighted by molar-refractivity contribution is 8.26. The number of nitriles is 1. The van der Waals surface area contributed by atoms with E-state index in [1.165, 1.54) is 35.9 Å². The number of nitrogens with zero attached hydrogens (tertiary/aromatic N) is 2. The van der Waals surface area contributed by atoms with Crippen LogP contribution >= 0.6 is 35.3 Å². The Hall–Kier alpha value is -2.87. The van der Waals surface area contributed by atoms with Crippen LogP contribution in [0.3, 0.4) is 0 Å². The topological polar surface area (TPSA) is 91.7 Å². The third kappa shape index (κ3) is 7.36. The molecule has 0 radical (unpaired) electrons. The number of fused-ring (bicyclic) bond motifs is 1. The van der Waals surface area contributed by atoms with Gasteiger partial charge in [-0.05, 0) is 93.5 Å². The quantitative estimate of drug-likeness (QED) is 0.156. The number of ether oxygens (including phenoxy) is 2. The average molecular weight is 624 g/mol. The van der Waals surface area contributed by atoms with E-state index >= 15 is 0 Å². The van der Waals surface area contributed by atoms with Crippen molar-refractivity contribution in [1.29, 1.82) is 5.26 Å². The van der Waals surface area contributed by atoms with Crippen molar-refractivity contribution in [3.05, 3.63) is 44.7 Å². The lowest BCUT2D eigenvalue weighted by atomic mass is 9.96. The first-order valence-corrected chi connectivity index (χ1v) is 17.0. The molecule has 2 aromatic rings. The van der Waals surface area contributed by atoms with Crippen LogP contribution in [0.15, 0.2) is 23.1 Å². The number of anilines is 1. The van der Waals surface area contributed by atoms with Crippen LogP contribution in [0.1, 0.15) is 92.2 Å². The molecule has 3 aliphatic rings. The maximum absolute atomic E-state index is 13.1. The fourth-order valence-corrected chi connectivity index (χ4v) is 8.34. The van der Waals surface area contributed by atoms with Crippen molar-refractivity contribution >= 4 is 62.5 Å². The molecule has 2 aliphatic carbocycles. The zero-order chi connectivity index (χ0) is 29.5. The molecule has 0 spiro atoms. The fraction of sp³-hybridized carbons (Fsp3) is 0.500. The highest BCUT2D eigenvalue weighted by Gasteiger charge is 2.31. The minimum atomic E-state index is -0.0880. The zero-order valence-electron chi connectivity index (χ0n) is 24.0. The summed E-state index contributed by atoms with van der Waals surface area (Å²) in [5.74, 6) is 1.25. The van der Waals surface area contributed by atoms with Gasteiger partial charge in [0.2, 0.25) is 5.91 Å². The van der Waals surface area contributed by atoms with Crippen molar-refractivity contribution in [2.24, 2.45) is 0 Å². The minimum Gasteiger partial charge on any atom is -0.493 e. The third-order valence-corrected chi connectivity index (χ3v) is 10.6. The maximum atomic E-state index is 13.1. The molecule has 2 fully saturated rings. The zero-order valence-corrected chi connectivity index (χ0v) is 26.5. The molecule has 1 saturated carbocycles. The molecule has 0 atom stereocenters. The van der Waals surface area contributed by atoms with Crippen molar-refractivity contribution < 1.29 is 19.1 Å². The number of hydrogen-bond donors (Lipinski definition) is 1. The number of methoxy groups -OCH3 is 1.